The van der Waals surface area contributed by atoms with E-state index < -0.39 is 0 Å². The molecule has 0 amide bonds. The maximum atomic E-state index is 10.5. The number of hydrogen-bond acceptors (Lipinski definition) is 4. The third kappa shape index (κ3) is 3.43. The molecular formula is C26H40O4. The number of hydrogen-bond donors (Lipinski definition) is 1. The van der Waals surface area contributed by atoms with E-state index in [9.17, 15) is 5.11 Å². The van der Waals surface area contributed by atoms with E-state index in [0.29, 0.717) is 12.0 Å². The van der Waals surface area contributed by atoms with E-state index >= 15 is 0 Å². The molecule has 1 saturated carbocycles. The third-order valence-electron chi connectivity index (χ3n) is 8.62. The summed E-state index contributed by atoms with van der Waals surface area (Å²) in [6.45, 7) is 10.7. The van der Waals surface area contributed by atoms with Crippen LogP contribution in [-0.2, 0) is 14.2 Å². The summed E-state index contributed by atoms with van der Waals surface area (Å²) >= 11 is 0. The van der Waals surface area contributed by atoms with Crippen molar-refractivity contribution in [2.45, 2.75) is 103 Å². The molecule has 0 bridgehead atoms. The molecule has 0 radical (unpaired) electrons. The van der Waals surface area contributed by atoms with Crippen molar-refractivity contribution in [1.29, 1.82) is 0 Å². The van der Waals surface area contributed by atoms with Crippen LogP contribution in [0.2, 0.25) is 0 Å². The Balaban J connectivity index is 1.50. The first kappa shape index (κ1) is 21.2. The summed E-state index contributed by atoms with van der Waals surface area (Å²) in [6.07, 6.45) is 10.2. The molecule has 0 aromatic rings. The second kappa shape index (κ2) is 7.43. The molecule has 1 heterocycles. The van der Waals surface area contributed by atoms with Crippen LogP contribution >= 0.6 is 0 Å². The lowest BCUT2D eigenvalue weighted by atomic mass is 9.53. The summed E-state index contributed by atoms with van der Waals surface area (Å²) in [7, 11) is 0. The van der Waals surface area contributed by atoms with Crippen molar-refractivity contribution in [1.82, 2.24) is 0 Å². The van der Waals surface area contributed by atoms with Gasteiger partial charge >= 0.3 is 0 Å². The summed E-state index contributed by atoms with van der Waals surface area (Å²) in [5.74, 6) is 0.424. The van der Waals surface area contributed by atoms with Gasteiger partial charge in [-0.05, 0) is 76.4 Å². The quantitative estimate of drug-likeness (QED) is 0.663. The molecule has 1 spiro atoms. The molecule has 5 rings (SSSR count). The smallest absolute Gasteiger partial charge is 0.172 e. The van der Waals surface area contributed by atoms with Crippen LogP contribution in [0.5, 0.6) is 0 Å². The fourth-order valence-electron chi connectivity index (χ4n) is 7.35. The molecule has 168 valence electrons. The standard InChI is InChI=1S/C26H40O4/c1-24(2,3)30-22-7-5-6-21-23-18(16-27)14-17-15-26(28-12-13-29-26)11-9-19(17)20(23)8-10-25(21,22)4/h18,21-22,27H,5-16H2,1-4H3/t18-,21-,22-,25-/m0/s1. The second-order valence-corrected chi connectivity index (χ2v) is 11.6. The van der Waals surface area contributed by atoms with Crippen LogP contribution in [0.1, 0.15) is 85.5 Å². The van der Waals surface area contributed by atoms with Crippen molar-refractivity contribution in [3.05, 3.63) is 22.3 Å². The molecule has 1 saturated heterocycles. The van der Waals surface area contributed by atoms with Gasteiger partial charge in [-0.1, -0.05) is 24.5 Å². The highest BCUT2D eigenvalue weighted by Gasteiger charge is 2.53. The van der Waals surface area contributed by atoms with Gasteiger partial charge in [0.05, 0.1) is 24.9 Å². The lowest BCUT2D eigenvalue weighted by molar-refractivity contribution is -0.164. The zero-order chi connectivity index (χ0) is 21.1. The summed E-state index contributed by atoms with van der Waals surface area (Å²) < 4.78 is 18.7. The molecule has 2 fully saturated rings. The first-order chi connectivity index (χ1) is 14.2. The first-order valence-electron chi connectivity index (χ1n) is 12.3. The van der Waals surface area contributed by atoms with Gasteiger partial charge in [-0.15, -0.1) is 0 Å². The molecule has 0 aromatic carbocycles. The number of aliphatic hydroxyl groups excluding tert-OH is 1. The van der Waals surface area contributed by atoms with Gasteiger partial charge in [0.25, 0.3) is 0 Å². The van der Waals surface area contributed by atoms with Gasteiger partial charge in [-0.3, -0.25) is 0 Å². The highest BCUT2D eigenvalue weighted by molar-refractivity contribution is 5.49. The van der Waals surface area contributed by atoms with Gasteiger partial charge in [-0.25, -0.2) is 0 Å². The van der Waals surface area contributed by atoms with Crippen LogP contribution < -0.4 is 0 Å². The number of fused-ring (bicyclic) bond motifs is 3. The highest BCUT2D eigenvalue weighted by Crippen LogP contribution is 2.60. The molecule has 1 N–H and O–H groups in total. The number of aliphatic hydroxyl groups is 1. The average molecular weight is 417 g/mol. The van der Waals surface area contributed by atoms with Crippen LogP contribution in [0.3, 0.4) is 0 Å². The largest absolute Gasteiger partial charge is 0.396 e. The fourth-order valence-corrected chi connectivity index (χ4v) is 7.35. The Labute approximate surface area is 182 Å². The Morgan fingerprint density at radius 3 is 2.50 bits per heavy atom. The average Bonchev–Trinajstić information content (AvgIpc) is 3.14. The van der Waals surface area contributed by atoms with Gasteiger partial charge in [0, 0.05) is 30.8 Å². The van der Waals surface area contributed by atoms with E-state index in [4.69, 9.17) is 14.2 Å². The van der Waals surface area contributed by atoms with E-state index in [1.54, 1.807) is 16.7 Å². The van der Waals surface area contributed by atoms with Crippen LogP contribution in [0.15, 0.2) is 22.3 Å². The topological polar surface area (TPSA) is 47.9 Å². The lowest BCUT2D eigenvalue weighted by Crippen LogP contribution is -2.51. The minimum atomic E-state index is -0.378. The van der Waals surface area contributed by atoms with Crippen molar-refractivity contribution >= 4 is 0 Å². The Morgan fingerprint density at radius 1 is 1.07 bits per heavy atom. The van der Waals surface area contributed by atoms with Gasteiger partial charge in [0.2, 0.25) is 0 Å². The number of rotatable bonds is 2. The molecule has 4 aliphatic carbocycles. The molecule has 4 nitrogen and oxygen atoms in total. The maximum absolute atomic E-state index is 10.5. The van der Waals surface area contributed by atoms with Crippen LogP contribution in [0.25, 0.3) is 0 Å². The maximum Gasteiger partial charge on any atom is 0.172 e. The van der Waals surface area contributed by atoms with Crippen LogP contribution in [0, 0.1) is 17.3 Å². The van der Waals surface area contributed by atoms with E-state index in [0.717, 1.165) is 45.3 Å². The molecule has 0 unspecified atom stereocenters. The third-order valence-corrected chi connectivity index (χ3v) is 8.62. The van der Waals surface area contributed by atoms with E-state index in [2.05, 4.69) is 27.7 Å². The Bertz CT molecular complexity index is 751. The van der Waals surface area contributed by atoms with Gasteiger partial charge < -0.3 is 19.3 Å². The number of allylic oxidation sites excluding steroid dienone is 2. The molecule has 0 aromatic heterocycles. The van der Waals surface area contributed by atoms with Gasteiger partial charge in [0.1, 0.15) is 0 Å². The van der Waals surface area contributed by atoms with E-state index in [1.165, 1.54) is 31.3 Å². The summed E-state index contributed by atoms with van der Waals surface area (Å²) in [5, 5.41) is 10.5. The Kier molecular flexibility index (Phi) is 5.25. The normalized spacial score (nSPS) is 38.5. The molecular weight excluding hydrogens is 376 g/mol. The SMILES string of the molecule is CC(C)(C)O[C@H]1CCC[C@H]2C3=C(CC[C@]12C)C1=C(C[C@H]3CO)CC2(CC1)OCCO2. The van der Waals surface area contributed by atoms with Crippen LogP contribution in [0.4, 0.5) is 0 Å². The summed E-state index contributed by atoms with van der Waals surface area (Å²) in [4.78, 5) is 0. The minimum Gasteiger partial charge on any atom is -0.396 e. The monoisotopic (exact) mass is 416 g/mol. The van der Waals surface area contributed by atoms with Crippen molar-refractivity contribution in [3.63, 3.8) is 0 Å². The van der Waals surface area contributed by atoms with Gasteiger partial charge in [-0.2, -0.15) is 0 Å². The van der Waals surface area contributed by atoms with E-state index in [-0.39, 0.29) is 29.3 Å². The predicted molar refractivity (Wildman–Crippen MR) is 117 cm³/mol. The van der Waals surface area contributed by atoms with Crippen molar-refractivity contribution in [2.75, 3.05) is 19.8 Å². The molecule has 4 heteroatoms. The zero-order valence-electron chi connectivity index (χ0n) is 19.4. The van der Waals surface area contributed by atoms with Gasteiger partial charge in [0.15, 0.2) is 5.79 Å². The van der Waals surface area contributed by atoms with Crippen LogP contribution in [-0.4, -0.2) is 42.4 Å². The minimum absolute atomic E-state index is 0.109. The Morgan fingerprint density at radius 2 is 1.80 bits per heavy atom. The molecule has 30 heavy (non-hydrogen) atoms. The molecule has 4 atom stereocenters. The summed E-state index contributed by atoms with van der Waals surface area (Å²) in [5.41, 5.74) is 6.37. The molecule has 5 aliphatic rings. The second-order valence-electron chi connectivity index (χ2n) is 11.6. The Hall–Kier alpha value is -0.680. The predicted octanol–water partition coefficient (Wildman–Crippen LogP) is 5.30. The fraction of sp³-hybridized carbons (Fsp3) is 0.846. The summed E-state index contributed by atoms with van der Waals surface area (Å²) in [6, 6.07) is 0. The van der Waals surface area contributed by atoms with Crippen molar-refractivity contribution < 1.29 is 19.3 Å². The molecule has 1 aliphatic heterocycles. The number of ether oxygens (including phenoxy) is 3. The lowest BCUT2D eigenvalue weighted by Gasteiger charge is -2.55. The highest BCUT2D eigenvalue weighted by atomic mass is 16.7. The first-order valence-corrected chi connectivity index (χ1v) is 12.3. The van der Waals surface area contributed by atoms with E-state index in [1.807, 2.05) is 0 Å². The zero-order valence-corrected chi connectivity index (χ0v) is 19.4. The van der Waals surface area contributed by atoms with Crippen molar-refractivity contribution in [3.8, 4) is 0 Å². The van der Waals surface area contributed by atoms with Crippen molar-refractivity contribution in [2.24, 2.45) is 17.3 Å².